The number of nitrogens with one attached hydrogen (secondary N) is 2. The lowest BCUT2D eigenvalue weighted by atomic mass is 10.1. The van der Waals surface area contributed by atoms with Gasteiger partial charge in [0.25, 0.3) is 15.9 Å². The monoisotopic (exact) mass is 458 g/mol. The highest BCUT2D eigenvalue weighted by Gasteiger charge is 2.21. The van der Waals surface area contributed by atoms with Crippen LogP contribution in [0.3, 0.4) is 0 Å². The van der Waals surface area contributed by atoms with Crippen LogP contribution >= 0.6 is 11.6 Å². The Morgan fingerprint density at radius 3 is 2.23 bits per heavy atom. The first-order valence-corrected chi connectivity index (χ1v) is 11.3. The van der Waals surface area contributed by atoms with Gasteiger partial charge in [0, 0.05) is 5.56 Å². The summed E-state index contributed by atoms with van der Waals surface area (Å²) >= 11 is 6.18. The van der Waals surface area contributed by atoms with E-state index in [9.17, 15) is 13.2 Å². The molecule has 162 valence electrons. The highest BCUT2D eigenvalue weighted by atomic mass is 35.5. The number of hydrogen-bond donors (Lipinski definition) is 2. The zero-order valence-electron chi connectivity index (χ0n) is 17.6. The SMILES string of the molecule is COc1ccc(C)cc1NC(=O)c1ccc(Cl)c(S(=O)(=O)Nc2cc(C)ccc2C)c1. The van der Waals surface area contributed by atoms with E-state index in [2.05, 4.69) is 10.0 Å². The molecule has 3 aromatic rings. The number of methoxy groups -OCH3 is 1. The summed E-state index contributed by atoms with van der Waals surface area (Å²) in [6, 6.07) is 15.0. The molecular weight excluding hydrogens is 436 g/mol. The Kier molecular flexibility index (Phi) is 6.57. The minimum atomic E-state index is -4.02. The van der Waals surface area contributed by atoms with Gasteiger partial charge in [-0.2, -0.15) is 0 Å². The highest BCUT2D eigenvalue weighted by Crippen LogP contribution is 2.29. The molecule has 31 heavy (non-hydrogen) atoms. The van der Waals surface area contributed by atoms with Gasteiger partial charge in [0.1, 0.15) is 10.6 Å². The Hall–Kier alpha value is -3.03. The van der Waals surface area contributed by atoms with Crippen molar-refractivity contribution < 1.29 is 17.9 Å². The summed E-state index contributed by atoms with van der Waals surface area (Å²) in [5.41, 5.74) is 3.71. The minimum absolute atomic E-state index is 0.0162. The van der Waals surface area contributed by atoms with Gasteiger partial charge in [-0.25, -0.2) is 8.42 Å². The van der Waals surface area contributed by atoms with Crippen molar-refractivity contribution in [3.05, 3.63) is 81.9 Å². The second-order valence-corrected chi connectivity index (χ2v) is 9.28. The van der Waals surface area contributed by atoms with Crippen molar-refractivity contribution in [2.24, 2.45) is 0 Å². The molecule has 3 aromatic carbocycles. The average Bonchev–Trinajstić information content (AvgIpc) is 2.71. The summed E-state index contributed by atoms with van der Waals surface area (Å²) in [6.07, 6.45) is 0. The maximum Gasteiger partial charge on any atom is 0.263 e. The summed E-state index contributed by atoms with van der Waals surface area (Å²) in [4.78, 5) is 12.6. The van der Waals surface area contributed by atoms with Crippen molar-refractivity contribution >= 4 is 38.9 Å². The number of carbonyl (C=O) groups excluding carboxylic acids is 1. The first-order valence-electron chi connectivity index (χ1n) is 9.46. The second-order valence-electron chi connectivity index (χ2n) is 7.23. The molecule has 0 radical (unpaired) electrons. The van der Waals surface area contributed by atoms with Crippen LogP contribution in [0.5, 0.6) is 5.75 Å². The van der Waals surface area contributed by atoms with Crippen molar-refractivity contribution in [3.8, 4) is 5.75 Å². The number of amides is 1. The number of carbonyl (C=O) groups is 1. The Morgan fingerprint density at radius 1 is 0.903 bits per heavy atom. The molecule has 3 rings (SSSR count). The molecule has 0 bridgehead atoms. The average molecular weight is 459 g/mol. The lowest BCUT2D eigenvalue weighted by Gasteiger charge is -2.14. The van der Waals surface area contributed by atoms with E-state index in [1.807, 2.05) is 32.0 Å². The number of anilines is 2. The predicted molar refractivity (Wildman–Crippen MR) is 124 cm³/mol. The van der Waals surface area contributed by atoms with E-state index in [4.69, 9.17) is 16.3 Å². The van der Waals surface area contributed by atoms with Gasteiger partial charge >= 0.3 is 0 Å². The largest absolute Gasteiger partial charge is 0.495 e. The quantitative estimate of drug-likeness (QED) is 0.523. The molecule has 0 saturated heterocycles. The van der Waals surface area contributed by atoms with E-state index >= 15 is 0 Å². The van der Waals surface area contributed by atoms with Crippen LogP contribution in [0, 0.1) is 20.8 Å². The van der Waals surface area contributed by atoms with Crippen LogP contribution in [0.25, 0.3) is 0 Å². The lowest BCUT2D eigenvalue weighted by molar-refractivity contribution is 0.102. The number of rotatable bonds is 6. The molecule has 8 heteroatoms. The van der Waals surface area contributed by atoms with Crippen LogP contribution in [-0.2, 0) is 10.0 Å². The van der Waals surface area contributed by atoms with Gasteiger partial charge in [-0.3, -0.25) is 9.52 Å². The number of aryl methyl sites for hydroxylation is 3. The number of halogens is 1. The van der Waals surface area contributed by atoms with Crippen LogP contribution in [0.1, 0.15) is 27.0 Å². The molecule has 0 aliphatic heterocycles. The van der Waals surface area contributed by atoms with Gasteiger partial charge in [-0.15, -0.1) is 0 Å². The van der Waals surface area contributed by atoms with Gasteiger partial charge in [0.2, 0.25) is 0 Å². The third-order valence-corrected chi connectivity index (χ3v) is 6.57. The summed E-state index contributed by atoms with van der Waals surface area (Å²) in [6.45, 7) is 5.56. The smallest absolute Gasteiger partial charge is 0.263 e. The molecule has 1 amide bonds. The van der Waals surface area contributed by atoms with E-state index in [-0.39, 0.29) is 15.5 Å². The molecule has 0 fully saturated rings. The van der Waals surface area contributed by atoms with E-state index in [1.165, 1.54) is 25.3 Å². The molecule has 2 N–H and O–H groups in total. The van der Waals surface area contributed by atoms with Crippen molar-refractivity contribution in [2.45, 2.75) is 25.7 Å². The zero-order chi connectivity index (χ0) is 22.8. The van der Waals surface area contributed by atoms with Gasteiger partial charge < -0.3 is 10.1 Å². The first-order chi connectivity index (χ1) is 14.6. The molecule has 0 saturated carbocycles. The summed E-state index contributed by atoms with van der Waals surface area (Å²) in [7, 11) is -2.51. The first kappa shape index (κ1) is 22.7. The molecule has 0 aromatic heterocycles. The second kappa shape index (κ2) is 8.99. The molecule has 0 spiro atoms. The summed E-state index contributed by atoms with van der Waals surface area (Å²) < 4.78 is 33.9. The lowest BCUT2D eigenvalue weighted by Crippen LogP contribution is -2.17. The Labute approximate surface area is 187 Å². The van der Waals surface area contributed by atoms with Gasteiger partial charge in [0.15, 0.2) is 0 Å². The minimum Gasteiger partial charge on any atom is -0.495 e. The van der Waals surface area contributed by atoms with Crippen LogP contribution in [0.2, 0.25) is 5.02 Å². The fourth-order valence-electron chi connectivity index (χ4n) is 3.01. The molecule has 0 aliphatic rings. The maximum absolute atomic E-state index is 13.0. The third-order valence-electron chi connectivity index (χ3n) is 4.72. The summed E-state index contributed by atoms with van der Waals surface area (Å²) in [5.74, 6) is 0.0149. The van der Waals surface area contributed by atoms with E-state index < -0.39 is 15.9 Å². The molecule has 6 nitrogen and oxygen atoms in total. The van der Waals surface area contributed by atoms with Gasteiger partial charge in [0.05, 0.1) is 23.5 Å². The van der Waals surface area contributed by atoms with Crippen molar-refractivity contribution in [3.63, 3.8) is 0 Å². The number of hydrogen-bond acceptors (Lipinski definition) is 4. The number of ether oxygens (including phenoxy) is 1. The standard InChI is InChI=1S/C23H23ClN2O4S/c1-14-5-7-16(3)19(11-14)26-31(28,29)22-13-17(8-9-18(22)24)23(27)25-20-12-15(2)6-10-21(20)30-4/h5-13,26H,1-4H3,(H,25,27). The molecule has 0 heterocycles. The summed E-state index contributed by atoms with van der Waals surface area (Å²) in [5, 5.41) is 2.78. The fraction of sp³-hybridized carbons (Fsp3) is 0.174. The molecule has 0 unspecified atom stereocenters. The number of benzene rings is 3. The van der Waals surface area contributed by atoms with Gasteiger partial charge in [-0.1, -0.05) is 29.8 Å². The predicted octanol–water partition coefficient (Wildman–Crippen LogP) is 5.33. The van der Waals surface area contributed by atoms with Crippen molar-refractivity contribution in [2.75, 3.05) is 17.1 Å². The third kappa shape index (κ3) is 5.18. The van der Waals surface area contributed by atoms with E-state index in [0.29, 0.717) is 17.1 Å². The van der Waals surface area contributed by atoms with Crippen LogP contribution in [-0.4, -0.2) is 21.4 Å². The Morgan fingerprint density at radius 2 is 1.55 bits per heavy atom. The highest BCUT2D eigenvalue weighted by molar-refractivity contribution is 7.92. The number of sulfonamides is 1. The topological polar surface area (TPSA) is 84.5 Å². The van der Waals surface area contributed by atoms with Crippen LogP contribution in [0.4, 0.5) is 11.4 Å². The van der Waals surface area contributed by atoms with Crippen LogP contribution in [0.15, 0.2) is 59.5 Å². The van der Waals surface area contributed by atoms with Crippen molar-refractivity contribution in [1.29, 1.82) is 0 Å². The van der Waals surface area contributed by atoms with Crippen LogP contribution < -0.4 is 14.8 Å². The van der Waals surface area contributed by atoms with Gasteiger partial charge in [-0.05, 0) is 73.9 Å². The Balaban J connectivity index is 1.93. The molecular formula is C23H23ClN2O4S. The van der Waals surface area contributed by atoms with Crippen molar-refractivity contribution in [1.82, 2.24) is 0 Å². The molecule has 0 atom stereocenters. The van der Waals surface area contributed by atoms with E-state index in [1.54, 1.807) is 25.1 Å². The fourth-order valence-corrected chi connectivity index (χ4v) is 4.66. The zero-order valence-corrected chi connectivity index (χ0v) is 19.2. The maximum atomic E-state index is 13.0. The van der Waals surface area contributed by atoms with E-state index in [0.717, 1.165) is 16.7 Å². The Bertz CT molecular complexity index is 1260. The molecule has 0 aliphatic carbocycles. The normalized spacial score (nSPS) is 11.1.